The fourth-order valence-electron chi connectivity index (χ4n) is 1.24. The number of alkyl halides is 3. The van der Waals surface area contributed by atoms with E-state index in [1.807, 2.05) is 0 Å². The molecule has 0 amide bonds. The molecule has 0 saturated carbocycles. The first kappa shape index (κ1) is 15.3. The zero-order chi connectivity index (χ0) is 14.0. The van der Waals surface area contributed by atoms with Crippen LogP contribution >= 0.6 is 11.6 Å². The van der Waals surface area contributed by atoms with Crippen molar-refractivity contribution in [1.29, 1.82) is 0 Å². The van der Waals surface area contributed by atoms with Gasteiger partial charge in [0.05, 0.1) is 0 Å². The van der Waals surface area contributed by atoms with Crippen molar-refractivity contribution in [1.82, 2.24) is 0 Å². The molecule has 0 aliphatic carbocycles. The Morgan fingerprint density at radius 2 is 1.78 bits per heavy atom. The SMILES string of the molecule is CCC(OS(=O)(=O)C(F)(F)F)c1ccc(Cl)cc1. The maximum atomic E-state index is 12.2. The largest absolute Gasteiger partial charge is 0.523 e. The van der Waals surface area contributed by atoms with Gasteiger partial charge in [0.15, 0.2) is 0 Å². The van der Waals surface area contributed by atoms with Crippen LogP contribution in [0.5, 0.6) is 0 Å². The van der Waals surface area contributed by atoms with Crippen molar-refractivity contribution in [3.63, 3.8) is 0 Å². The summed E-state index contributed by atoms with van der Waals surface area (Å²) in [7, 11) is -5.60. The van der Waals surface area contributed by atoms with Gasteiger partial charge in [0.1, 0.15) is 6.10 Å². The van der Waals surface area contributed by atoms with Gasteiger partial charge in [-0.2, -0.15) is 21.6 Å². The molecule has 0 radical (unpaired) electrons. The number of hydrogen-bond donors (Lipinski definition) is 0. The van der Waals surface area contributed by atoms with Gasteiger partial charge >= 0.3 is 15.6 Å². The third kappa shape index (κ3) is 3.60. The highest BCUT2D eigenvalue weighted by molar-refractivity contribution is 7.87. The lowest BCUT2D eigenvalue weighted by atomic mass is 10.1. The Kier molecular flexibility index (Phi) is 4.63. The monoisotopic (exact) mass is 302 g/mol. The van der Waals surface area contributed by atoms with E-state index in [1.165, 1.54) is 31.2 Å². The van der Waals surface area contributed by atoms with Crippen molar-refractivity contribution in [2.75, 3.05) is 0 Å². The number of benzene rings is 1. The predicted octanol–water partition coefficient (Wildman–Crippen LogP) is 3.66. The summed E-state index contributed by atoms with van der Waals surface area (Å²) in [4.78, 5) is 0. The maximum Gasteiger partial charge on any atom is 0.523 e. The lowest BCUT2D eigenvalue weighted by Gasteiger charge is -2.17. The quantitative estimate of drug-likeness (QED) is 0.630. The molecule has 1 unspecified atom stereocenters. The molecule has 1 aromatic rings. The molecule has 0 N–H and O–H groups in total. The standard InChI is InChI=1S/C10H10ClF3O3S/c1-2-9(7-3-5-8(11)6-4-7)17-18(15,16)10(12,13)14/h3-6,9H,2H2,1H3. The molecule has 3 nitrogen and oxygen atoms in total. The Labute approximate surface area is 108 Å². The van der Waals surface area contributed by atoms with Crippen LogP contribution in [0.25, 0.3) is 0 Å². The Balaban J connectivity index is 2.96. The van der Waals surface area contributed by atoms with Gasteiger partial charge in [-0.25, -0.2) is 0 Å². The zero-order valence-corrected chi connectivity index (χ0v) is 10.8. The summed E-state index contributed by atoms with van der Waals surface area (Å²) in [6.07, 6.45) is -1.11. The first-order valence-electron chi connectivity index (χ1n) is 4.92. The second kappa shape index (κ2) is 5.46. The van der Waals surface area contributed by atoms with Crippen molar-refractivity contribution >= 4 is 21.7 Å². The molecule has 0 aliphatic heterocycles. The number of halogens is 4. The summed E-state index contributed by atoms with van der Waals surface area (Å²) >= 11 is 5.63. The fraction of sp³-hybridized carbons (Fsp3) is 0.400. The number of rotatable bonds is 4. The molecule has 0 bridgehead atoms. The molecule has 0 aromatic heterocycles. The van der Waals surface area contributed by atoms with Crippen LogP contribution in [0, 0.1) is 0 Å². The van der Waals surface area contributed by atoms with Crippen LogP contribution < -0.4 is 0 Å². The van der Waals surface area contributed by atoms with Gasteiger partial charge in [-0.15, -0.1) is 0 Å². The van der Waals surface area contributed by atoms with Gasteiger partial charge in [0, 0.05) is 5.02 Å². The maximum absolute atomic E-state index is 12.2. The van der Waals surface area contributed by atoms with Crippen LogP contribution in [-0.2, 0) is 14.3 Å². The Morgan fingerprint density at radius 3 is 2.17 bits per heavy atom. The molecule has 1 rings (SSSR count). The van der Waals surface area contributed by atoms with Gasteiger partial charge in [-0.1, -0.05) is 30.7 Å². The molecular weight excluding hydrogens is 293 g/mol. The smallest absolute Gasteiger partial charge is 0.255 e. The summed E-state index contributed by atoms with van der Waals surface area (Å²) in [5.74, 6) is 0. The normalized spacial score (nSPS) is 14.5. The van der Waals surface area contributed by atoms with Crippen LogP contribution in [0.2, 0.25) is 5.02 Å². The van der Waals surface area contributed by atoms with Crippen molar-refractivity contribution in [2.24, 2.45) is 0 Å². The second-order valence-corrected chi connectivity index (χ2v) is 5.44. The van der Waals surface area contributed by atoms with E-state index in [0.29, 0.717) is 10.6 Å². The van der Waals surface area contributed by atoms with Gasteiger partial charge < -0.3 is 0 Å². The molecule has 0 spiro atoms. The number of hydrogen-bond acceptors (Lipinski definition) is 3. The molecule has 0 heterocycles. The van der Waals surface area contributed by atoms with Gasteiger partial charge in [-0.05, 0) is 24.1 Å². The van der Waals surface area contributed by atoms with Crippen LogP contribution in [0.4, 0.5) is 13.2 Å². The van der Waals surface area contributed by atoms with E-state index in [-0.39, 0.29) is 6.42 Å². The Bertz CT molecular complexity index is 496. The van der Waals surface area contributed by atoms with E-state index >= 15 is 0 Å². The van der Waals surface area contributed by atoms with Crippen molar-refractivity contribution in [3.05, 3.63) is 34.9 Å². The molecule has 0 aliphatic rings. The third-order valence-electron chi connectivity index (χ3n) is 2.14. The van der Waals surface area contributed by atoms with E-state index < -0.39 is 21.7 Å². The average Bonchev–Trinajstić information content (AvgIpc) is 2.25. The van der Waals surface area contributed by atoms with Crippen LogP contribution in [-0.4, -0.2) is 13.9 Å². The van der Waals surface area contributed by atoms with Gasteiger partial charge in [0.2, 0.25) is 0 Å². The van der Waals surface area contributed by atoms with E-state index in [0.717, 1.165) is 0 Å². The highest BCUT2D eigenvalue weighted by Gasteiger charge is 2.48. The van der Waals surface area contributed by atoms with Gasteiger partial charge in [0.25, 0.3) is 0 Å². The first-order valence-corrected chi connectivity index (χ1v) is 6.71. The minimum absolute atomic E-state index is 0.0803. The predicted molar refractivity (Wildman–Crippen MR) is 60.5 cm³/mol. The van der Waals surface area contributed by atoms with Crippen LogP contribution in [0.15, 0.2) is 24.3 Å². The van der Waals surface area contributed by atoms with E-state index in [9.17, 15) is 21.6 Å². The highest BCUT2D eigenvalue weighted by atomic mass is 35.5. The molecule has 0 fully saturated rings. The molecular formula is C10H10ClF3O3S. The van der Waals surface area contributed by atoms with Crippen molar-refractivity contribution in [3.8, 4) is 0 Å². The van der Waals surface area contributed by atoms with E-state index in [4.69, 9.17) is 11.6 Å². The van der Waals surface area contributed by atoms with E-state index in [1.54, 1.807) is 0 Å². The topological polar surface area (TPSA) is 43.4 Å². The minimum Gasteiger partial charge on any atom is -0.255 e. The average molecular weight is 303 g/mol. The molecule has 18 heavy (non-hydrogen) atoms. The molecule has 102 valence electrons. The molecule has 1 atom stereocenters. The minimum atomic E-state index is -5.60. The lowest BCUT2D eigenvalue weighted by molar-refractivity contribution is -0.0576. The second-order valence-electron chi connectivity index (χ2n) is 3.44. The van der Waals surface area contributed by atoms with E-state index in [2.05, 4.69) is 4.18 Å². The first-order chi connectivity index (χ1) is 8.17. The molecule has 8 heteroatoms. The Hall–Kier alpha value is -0.790. The van der Waals surface area contributed by atoms with Crippen molar-refractivity contribution in [2.45, 2.75) is 25.0 Å². The van der Waals surface area contributed by atoms with Crippen molar-refractivity contribution < 1.29 is 25.8 Å². The van der Waals surface area contributed by atoms with Crippen LogP contribution in [0.3, 0.4) is 0 Å². The van der Waals surface area contributed by atoms with Crippen LogP contribution in [0.1, 0.15) is 25.0 Å². The summed E-state index contributed by atoms with van der Waals surface area (Å²) in [5.41, 5.74) is -5.11. The fourth-order valence-corrected chi connectivity index (χ4v) is 2.03. The zero-order valence-electron chi connectivity index (χ0n) is 9.24. The summed E-state index contributed by atoms with van der Waals surface area (Å²) < 4.78 is 62.5. The summed E-state index contributed by atoms with van der Waals surface area (Å²) in [5, 5.41) is 0.396. The highest BCUT2D eigenvalue weighted by Crippen LogP contribution is 2.32. The summed E-state index contributed by atoms with van der Waals surface area (Å²) in [6, 6.07) is 5.73. The third-order valence-corrected chi connectivity index (χ3v) is 3.44. The molecule has 1 aromatic carbocycles. The van der Waals surface area contributed by atoms with Gasteiger partial charge in [-0.3, -0.25) is 4.18 Å². The Morgan fingerprint density at radius 1 is 1.28 bits per heavy atom. The summed E-state index contributed by atoms with van der Waals surface area (Å²) in [6.45, 7) is 1.52. The molecule has 0 saturated heterocycles. The lowest BCUT2D eigenvalue weighted by Crippen LogP contribution is -2.27.